The lowest BCUT2D eigenvalue weighted by molar-refractivity contribution is -0.120. The Bertz CT molecular complexity index is 76.4. The van der Waals surface area contributed by atoms with E-state index in [0.29, 0.717) is 0 Å². The molecule has 2 N–H and O–H groups in total. The van der Waals surface area contributed by atoms with Crippen molar-refractivity contribution < 1.29 is 15.0 Å². The van der Waals surface area contributed by atoms with Crippen molar-refractivity contribution in [2.45, 2.75) is 25.4 Å². The smallest absolute Gasteiger partial charge is 0.148 e. The average molecular weight is 132 g/mol. The Hall–Kier alpha value is -0.410. The van der Waals surface area contributed by atoms with E-state index in [0.717, 1.165) is 32.2 Å². The van der Waals surface area contributed by atoms with Crippen molar-refractivity contribution in [2.24, 2.45) is 0 Å². The van der Waals surface area contributed by atoms with Crippen LogP contribution in [-0.2, 0) is 9.53 Å². The summed E-state index contributed by atoms with van der Waals surface area (Å²) in [5.74, 6) is 0. The van der Waals surface area contributed by atoms with Gasteiger partial charge in [-0.2, -0.15) is 0 Å². The molecule has 9 heavy (non-hydrogen) atoms. The monoisotopic (exact) mass is 132 g/mol. The largest absolute Gasteiger partial charge is 0.412 e. The average Bonchev–Trinajstić information content (AvgIpc) is 1.90. The van der Waals surface area contributed by atoms with Gasteiger partial charge < -0.3 is 15.0 Å². The predicted molar refractivity (Wildman–Crippen MR) is 33.3 cm³/mol. The molecule has 0 amide bonds. The van der Waals surface area contributed by atoms with Crippen molar-refractivity contribution in [3.05, 3.63) is 0 Å². The topological polar surface area (TPSA) is 57.8 Å². The number of carbonyl (C=O) groups excluding carboxylic acids is 1. The SMILES string of the molecule is O.O=CC1CCCCO1. The third-order valence-corrected chi connectivity index (χ3v) is 1.37. The Labute approximate surface area is 54.3 Å². The van der Waals surface area contributed by atoms with Crippen molar-refractivity contribution in [1.82, 2.24) is 0 Å². The number of rotatable bonds is 1. The minimum atomic E-state index is -0.0938. The molecule has 1 aliphatic heterocycles. The first-order chi connectivity index (χ1) is 3.93. The van der Waals surface area contributed by atoms with Gasteiger partial charge in [-0.25, -0.2) is 0 Å². The molecule has 1 unspecified atom stereocenters. The summed E-state index contributed by atoms with van der Waals surface area (Å²) in [6.45, 7) is 0.767. The van der Waals surface area contributed by atoms with E-state index in [9.17, 15) is 4.79 Å². The zero-order chi connectivity index (χ0) is 5.82. The number of ether oxygens (including phenoxy) is 1. The van der Waals surface area contributed by atoms with Crippen molar-refractivity contribution in [2.75, 3.05) is 6.61 Å². The molecule has 0 aromatic rings. The van der Waals surface area contributed by atoms with Crippen LogP contribution in [0.1, 0.15) is 19.3 Å². The van der Waals surface area contributed by atoms with E-state index in [4.69, 9.17) is 4.74 Å². The first kappa shape index (κ1) is 8.59. The molecule has 1 aliphatic rings. The van der Waals surface area contributed by atoms with Crippen LogP contribution in [0.2, 0.25) is 0 Å². The fraction of sp³-hybridized carbons (Fsp3) is 0.833. The summed E-state index contributed by atoms with van der Waals surface area (Å²) in [4.78, 5) is 10.0. The summed E-state index contributed by atoms with van der Waals surface area (Å²) in [5.41, 5.74) is 0. The van der Waals surface area contributed by atoms with E-state index in [1.807, 2.05) is 0 Å². The molecule has 0 spiro atoms. The molecule has 1 saturated heterocycles. The van der Waals surface area contributed by atoms with Crippen LogP contribution in [-0.4, -0.2) is 24.5 Å². The zero-order valence-corrected chi connectivity index (χ0v) is 5.30. The Kier molecular flexibility index (Phi) is 4.26. The minimum Gasteiger partial charge on any atom is -0.412 e. The van der Waals surface area contributed by atoms with Crippen LogP contribution in [0.5, 0.6) is 0 Å². The van der Waals surface area contributed by atoms with Gasteiger partial charge in [0.1, 0.15) is 12.4 Å². The molecule has 0 aliphatic carbocycles. The summed E-state index contributed by atoms with van der Waals surface area (Å²) in [6.07, 6.45) is 3.97. The maximum atomic E-state index is 10.0. The van der Waals surface area contributed by atoms with Gasteiger partial charge >= 0.3 is 0 Å². The van der Waals surface area contributed by atoms with Gasteiger partial charge in [0.25, 0.3) is 0 Å². The molecule has 1 atom stereocenters. The lowest BCUT2D eigenvalue weighted by Crippen LogP contribution is -2.19. The highest BCUT2D eigenvalue weighted by Gasteiger charge is 2.10. The van der Waals surface area contributed by atoms with Gasteiger partial charge in [0.2, 0.25) is 0 Å². The number of carbonyl (C=O) groups is 1. The van der Waals surface area contributed by atoms with Gasteiger partial charge in [0.05, 0.1) is 0 Å². The van der Waals surface area contributed by atoms with Gasteiger partial charge in [-0.05, 0) is 19.3 Å². The quantitative estimate of drug-likeness (QED) is 0.469. The summed E-state index contributed by atoms with van der Waals surface area (Å²) >= 11 is 0. The third-order valence-electron chi connectivity index (χ3n) is 1.37. The zero-order valence-electron chi connectivity index (χ0n) is 5.30. The normalized spacial score (nSPS) is 26.4. The lowest BCUT2D eigenvalue weighted by Gasteiger charge is -2.16. The van der Waals surface area contributed by atoms with Crippen LogP contribution in [0.4, 0.5) is 0 Å². The van der Waals surface area contributed by atoms with Gasteiger partial charge in [0.15, 0.2) is 0 Å². The minimum absolute atomic E-state index is 0. The highest BCUT2D eigenvalue weighted by atomic mass is 16.5. The fourth-order valence-corrected chi connectivity index (χ4v) is 0.873. The second kappa shape index (κ2) is 4.47. The van der Waals surface area contributed by atoms with Crippen molar-refractivity contribution in [3.63, 3.8) is 0 Å². The van der Waals surface area contributed by atoms with Gasteiger partial charge in [-0.1, -0.05) is 0 Å². The molecular weight excluding hydrogens is 120 g/mol. The Morgan fingerprint density at radius 3 is 2.56 bits per heavy atom. The fourth-order valence-electron chi connectivity index (χ4n) is 0.873. The Morgan fingerprint density at radius 2 is 2.22 bits per heavy atom. The molecule has 0 aromatic carbocycles. The molecule has 3 heteroatoms. The second-order valence-electron chi connectivity index (χ2n) is 2.04. The van der Waals surface area contributed by atoms with Crippen LogP contribution in [0.15, 0.2) is 0 Å². The molecule has 3 nitrogen and oxygen atoms in total. The second-order valence-corrected chi connectivity index (χ2v) is 2.04. The van der Waals surface area contributed by atoms with Crippen LogP contribution in [0.25, 0.3) is 0 Å². The Morgan fingerprint density at radius 1 is 1.44 bits per heavy atom. The van der Waals surface area contributed by atoms with E-state index >= 15 is 0 Å². The van der Waals surface area contributed by atoms with E-state index in [-0.39, 0.29) is 11.6 Å². The van der Waals surface area contributed by atoms with Crippen molar-refractivity contribution >= 4 is 6.29 Å². The summed E-state index contributed by atoms with van der Waals surface area (Å²) < 4.78 is 5.06. The van der Waals surface area contributed by atoms with Crippen molar-refractivity contribution in [3.8, 4) is 0 Å². The molecule has 54 valence electrons. The van der Waals surface area contributed by atoms with Crippen LogP contribution >= 0.6 is 0 Å². The first-order valence-corrected chi connectivity index (χ1v) is 3.00. The van der Waals surface area contributed by atoms with E-state index < -0.39 is 0 Å². The molecule has 0 saturated carbocycles. The maximum Gasteiger partial charge on any atom is 0.148 e. The molecule has 0 aromatic heterocycles. The number of hydrogen-bond acceptors (Lipinski definition) is 2. The maximum absolute atomic E-state index is 10.0. The van der Waals surface area contributed by atoms with Crippen molar-refractivity contribution in [1.29, 1.82) is 0 Å². The van der Waals surface area contributed by atoms with E-state index in [1.165, 1.54) is 0 Å². The van der Waals surface area contributed by atoms with Crippen LogP contribution in [0.3, 0.4) is 0 Å². The van der Waals surface area contributed by atoms with Gasteiger partial charge in [0, 0.05) is 6.61 Å². The van der Waals surface area contributed by atoms with Crippen LogP contribution in [0, 0.1) is 0 Å². The Balaban J connectivity index is 0.000000640. The third kappa shape index (κ3) is 2.58. The molecule has 0 radical (unpaired) electrons. The van der Waals surface area contributed by atoms with Gasteiger partial charge in [-0.3, -0.25) is 0 Å². The molecule has 0 bridgehead atoms. The molecule has 1 heterocycles. The molecule has 1 rings (SSSR count). The van der Waals surface area contributed by atoms with Crippen LogP contribution < -0.4 is 0 Å². The van der Waals surface area contributed by atoms with E-state index in [2.05, 4.69) is 0 Å². The highest BCUT2D eigenvalue weighted by Crippen LogP contribution is 2.09. The lowest BCUT2D eigenvalue weighted by atomic mass is 10.1. The molecular formula is C6H12O3. The summed E-state index contributed by atoms with van der Waals surface area (Å²) in [6, 6.07) is 0. The predicted octanol–water partition coefficient (Wildman–Crippen LogP) is -0.0703. The van der Waals surface area contributed by atoms with Gasteiger partial charge in [-0.15, -0.1) is 0 Å². The number of hydrogen-bond donors (Lipinski definition) is 0. The first-order valence-electron chi connectivity index (χ1n) is 3.00. The highest BCUT2D eigenvalue weighted by molar-refractivity contribution is 5.55. The molecule has 1 fully saturated rings. The summed E-state index contributed by atoms with van der Waals surface area (Å²) in [5, 5.41) is 0. The standard InChI is InChI=1S/C6H10O2.H2O/c7-5-6-3-1-2-4-8-6;/h5-6H,1-4H2;1H2. The summed E-state index contributed by atoms with van der Waals surface area (Å²) in [7, 11) is 0. The van der Waals surface area contributed by atoms with E-state index in [1.54, 1.807) is 0 Å². The number of aldehydes is 1.